The highest BCUT2D eigenvalue weighted by atomic mass is 32.2. The molecule has 0 unspecified atom stereocenters. The van der Waals surface area contributed by atoms with Gasteiger partial charge in [0.25, 0.3) is 0 Å². The number of hydrogen-bond acceptors (Lipinski definition) is 5. The van der Waals surface area contributed by atoms with Crippen LogP contribution in [0.5, 0.6) is 11.5 Å². The van der Waals surface area contributed by atoms with E-state index in [4.69, 9.17) is 15.2 Å². The van der Waals surface area contributed by atoms with E-state index in [1.54, 1.807) is 13.3 Å². The van der Waals surface area contributed by atoms with Gasteiger partial charge in [-0.25, -0.2) is 0 Å². The Morgan fingerprint density at radius 1 is 1.00 bits per heavy atom. The molecule has 0 radical (unpaired) electrons. The average Bonchev–Trinajstić information content (AvgIpc) is 2.78. The van der Waals surface area contributed by atoms with Crippen LogP contribution in [0.15, 0.2) is 83.0 Å². The van der Waals surface area contributed by atoms with E-state index in [1.165, 1.54) is 22.9 Å². The Morgan fingerprint density at radius 2 is 1.77 bits per heavy atom. The van der Waals surface area contributed by atoms with Crippen molar-refractivity contribution in [3.8, 4) is 11.5 Å². The molecule has 0 spiro atoms. The Morgan fingerprint density at radius 3 is 2.53 bits per heavy atom. The lowest BCUT2D eigenvalue weighted by atomic mass is 10.1. The molecule has 0 aromatic heterocycles. The van der Waals surface area contributed by atoms with Gasteiger partial charge in [-0.15, -0.1) is 5.10 Å². The van der Waals surface area contributed by atoms with Crippen molar-refractivity contribution >= 4 is 23.1 Å². The van der Waals surface area contributed by atoms with Crippen molar-refractivity contribution in [2.45, 2.75) is 19.3 Å². The molecule has 3 aromatic rings. The zero-order valence-electron chi connectivity index (χ0n) is 17.1. The summed E-state index contributed by atoms with van der Waals surface area (Å²) in [5, 5.41) is 8.64. The lowest BCUT2D eigenvalue weighted by Gasteiger charge is -2.14. The third-order valence-corrected chi connectivity index (χ3v) is 5.30. The predicted octanol–water partition coefficient (Wildman–Crippen LogP) is 5.16. The molecule has 30 heavy (non-hydrogen) atoms. The average molecular weight is 420 g/mol. The summed E-state index contributed by atoms with van der Waals surface area (Å²) >= 11 is 1.44. The van der Waals surface area contributed by atoms with Gasteiger partial charge in [-0.2, -0.15) is 5.10 Å². The van der Waals surface area contributed by atoms with Gasteiger partial charge in [-0.1, -0.05) is 72.4 Å². The van der Waals surface area contributed by atoms with Crippen LogP contribution < -0.4 is 15.2 Å². The molecule has 5 nitrogen and oxygen atoms in total. The van der Waals surface area contributed by atoms with E-state index in [2.05, 4.69) is 35.3 Å². The number of thioether (sulfide) groups is 1. The minimum Gasteiger partial charge on any atom is -0.493 e. The van der Waals surface area contributed by atoms with E-state index < -0.39 is 0 Å². The van der Waals surface area contributed by atoms with Gasteiger partial charge in [-0.05, 0) is 35.7 Å². The molecule has 0 aliphatic carbocycles. The first-order valence-corrected chi connectivity index (χ1v) is 10.5. The molecule has 154 valence electrons. The van der Waals surface area contributed by atoms with E-state index in [9.17, 15) is 0 Å². The highest BCUT2D eigenvalue weighted by Crippen LogP contribution is 2.31. The zero-order valence-corrected chi connectivity index (χ0v) is 17.9. The number of nitrogens with zero attached hydrogens (tertiary/aromatic N) is 2. The number of benzene rings is 3. The first-order chi connectivity index (χ1) is 14.7. The van der Waals surface area contributed by atoms with Crippen LogP contribution in [0, 0.1) is 6.92 Å². The number of methoxy groups -OCH3 is 1. The maximum absolute atomic E-state index is 6.09. The molecule has 0 saturated carbocycles. The second-order valence-electron chi connectivity index (χ2n) is 6.55. The van der Waals surface area contributed by atoms with Gasteiger partial charge in [-0.3, -0.25) is 0 Å². The zero-order chi connectivity index (χ0) is 21.2. The van der Waals surface area contributed by atoms with E-state index in [-0.39, 0.29) is 0 Å². The monoisotopic (exact) mass is 419 g/mol. The van der Waals surface area contributed by atoms with Gasteiger partial charge in [0.05, 0.1) is 13.3 Å². The summed E-state index contributed by atoms with van der Waals surface area (Å²) in [6.07, 6.45) is 1.63. The van der Waals surface area contributed by atoms with E-state index in [0.29, 0.717) is 23.3 Å². The number of hydrogen-bond donors (Lipinski definition) is 1. The fourth-order valence-corrected chi connectivity index (χ4v) is 3.39. The lowest BCUT2D eigenvalue weighted by Crippen LogP contribution is -2.06. The normalized spacial score (nSPS) is 11.6. The van der Waals surface area contributed by atoms with Gasteiger partial charge in [0.1, 0.15) is 6.61 Å². The minimum absolute atomic E-state index is 0.403. The van der Waals surface area contributed by atoms with Crippen LogP contribution in [-0.4, -0.2) is 18.5 Å². The molecule has 2 N–H and O–H groups in total. The van der Waals surface area contributed by atoms with E-state index >= 15 is 0 Å². The Labute approximate surface area is 181 Å². The van der Waals surface area contributed by atoms with Crippen LogP contribution in [0.4, 0.5) is 0 Å². The summed E-state index contributed by atoms with van der Waals surface area (Å²) in [7, 11) is 1.62. The molecular formula is C24H25N3O2S. The molecule has 0 aliphatic heterocycles. The Hall–Kier alpha value is -3.25. The maximum atomic E-state index is 6.09. The van der Waals surface area contributed by atoms with E-state index in [1.807, 2.05) is 54.6 Å². The summed E-state index contributed by atoms with van der Waals surface area (Å²) in [4.78, 5) is 0. The molecule has 0 amide bonds. The van der Waals surface area contributed by atoms with Gasteiger partial charge in [0.15, 0.2) is 16.7 Å². The number of rotatable bonds is 8. The minimum atomic E-state index is 0.403. The SMILES string of the molecule is COc1cccc(C=NN=C(N)SCc2ccccc2)c1OCc1ccccc1C. The van der Waals surface area contributed by atoms with Crippen LogP contribution in [0.1, 0.15) is 22.3 Å². The van der Waals surface area contributed by atoms with Crippen molar-refractivity contribution in [1.29, 1.82) is 0 Å². The fraction of sp³-hybridized carbons (Fsp3) is 0.167. The maximum Gasteiger partial charge on any atom is 0.180 e. The fourth-order valence-electron chi connectivity index (χ4n) is 2.78. The van der Waals surface area contributed by atoms with Gasteiger partial charge < -0.3 is 15.2 Å². The molecule has 3 aromatic carbocycles. The largest absolute Gasteiger partial charge is 0.493 e. The van der Waals surface area contributed by atoms with Crippen LogP contribution in [0.25, 0.3) is 0 Å². The van der Waals surface area contributed by atoms with Crippen molar-refractivity contribution in [1.82, 2.24) is 0 Å². The summed E-state index contributed by atoms with van der Waals surface area (Å²) in [5.74, 6) is 2.01. The number of nitrogens with two attached hydrogens (primary N) is 1. The molecule has 3 rings (SSSR count). The van der Waals surface area contributed by atoms with Crippen molar-refractivity contribution in [3.05, 3.63) is 95.1 Å². The van der Waals surface area contributed by atoms with E-state index in [0.717, 1.165) is 16.9 Å². The quantitative estimate of drug-likeness (QED) is 0.311. The van der Waals surface area contributed by atoms with Gasteiger partial charge >= 0.3 is 0 Å². The Bertz CT molecular complexity index is 1020. The van der Waals surface area contributed by atoms with Crippen molar-refractivity contribution in [2.75, 3.05) is 7.11 Å². The highest BCUT2D eigenvalue weighted by Gasteiger charge is 2.10. The lowest BCUT2D eigenvalue weighted by molar-refractivity contribution is 0.283. The van der Waals surface area contributed by atoms with Gasteiger partial charge in [0, 0.05) is 11.3 Å². The number of para-hydroxylation sites is 1. The predicted molar refractivity (Wildman–Crippen MR) is 125 cm³/mol. The topological polar surface area (TPSA) is 69.2 Å². The molecule has 0 fully saturated rings. The third kappa shape index (κ3) is 6.12. The second kappa shape index (κ2) is 11.1. The second-order valence-corrected chi connectivity index (χ2v) is 7.55. The van der Waals surface area contributed by atoms with Crippen LogP contribution in [0.2, 0.25) is 0 Å². The summed E-state index contributed by atoms with van der Waals surface area (Å²) in [5.41, 5.74) is 10.2. The van der Waals surface area contributed by atoms with Crippen molar-refractivity contribution in [2.24, 2.45) is 15.9 Å². The third-order valence-electron chi connectivity index (χ3n) is 4.45. The molecule has 0 atom stereocenters. The number of aryl methyl sites for hydroxylation is 1. The standard InChI is InChI=1S/C24H25N3O2S/c1-18-9-6-7-12-21(18)16-29-23-20(13-8-14-22(23)28-2)15-26-27-24(25)30-17-19-10-4-3-5-11-19/h3-15H,16-17H2,1-2H3,(H2,25,27). The first kappa shape index (κ1) is 21.5. The van der Waals surface area contributed by atoms with Crippen molar-refractivity contribution < 1.29 is 9.47 Å². The molecular weight excluding hydrogens is 394 g/mol. The summed E-state index contributed by atoms with van der Waals surface area (Å²) in [6, 6.07) is 23.9. The van der Waals surface area contributed by atoms with Gasteiger partial charge in [0.2, 0.25) is 0 Å². The molecule has 0 bridgehead atoms. The number of amidine groups is 1. The Kier molecular flexibility index (Phi) is 7.92. The van der Waals surface area contributed by atoms with Crippen LogP contribution >= 0.6 is 11.8 Å². The first-order valence-electron chi connectivity index (χ1n) is 9.55. The number of ether oxygens (including phenoxy) is 2. The summed E-state index contributed by atoms with van der Waals surface area (Å²) < 4.78 is 11.6. The van der Waals surface area contributed by atoms with Crippen molar-refractivity contribution in [3.63, 3.8) is 0 Å². The van der Waals surface area contributed by atoms with Crippen LogP contribution in [-0.2, 0) is 12.4 Å². The summed E-state index contributed by atoms with van der Waals surface area (Å²) in [6.45, 7) is 2.50. The molecule has 0 saturated heterocycles. The molecule has 0 heterocycles. The molecule has 6 heteroatoms. The van der Waals surface area contributed by atoms with Crippen LogP contribution in [0.3, 0.4) is 0 Å². The highest BCUT2D eigenvalue weighted by molar-refractivity contribution is 8.13. The Balaban J connectivity index is 1.69. The molecule has 0 aliphatic rings. The smallest absolute Gasteiger partial charge is 0.180 e.